The second-order valence-corrected chi connectivity index (χ2v) is 9.31. The van der Waals surface area contributed by atoms with Gasteiger partial charge in [0, 0.05) is 52.0 Å². The highest BCUT2D eigenvalue weighted by Gasteiger charge is 2.23. The van der Waals surface area contributed by atoms with E-state index in [0.717, 1.165) is 38.5 Å². The molecule has 0 atom stereocenters. The van der Waals surface area contributed by atoms with Crippen LogP contribution in [0.25, 0.3) is 0 Å². The molecule has 1 aliphatic rings. The fourth-order valence-electron chi connectivity index (χ4n) is 3.62. The van der Waals surface area contributed by atoms with Crippen molar-refractivity contribution in [2.45, 2.75) is 70.6 Å². The van der Waals surface area contributed by atoms with Gasteiger partial charge in [0.15, 0.2) is 0 Å². The molecule has 40 heavy (non-hydrogen) atoms. The third-order valence-corrected chi connectivity index (χ3v) is 5.83. The van der Waals surface area contributed by atoms with Gasteiger partial charge in [-0.1, -0.05) is 19.3 Å². The van der Waals surface area contributed by atoms with Crippen molar-refractivity contribution < 1.29 is 48.1 Å². The lowest BCUT2D eigenvalue weighted by Crippen LogP contribution is -2.28. The van der Waals surface area contributed by atoms with Gasteiger partial charge in [-0.3, -0.25) is 14.4 Å². The molecular formula is C27H49N3O10. The smallest absolute Gasteiger partial charge is 0.332 e. The summed E-state index contributed by atoms with van der Waals surface area (Å²) in [5.74, 6) is -0.624. The molecule has 13 nitrogen and oxygen atoms in total. The largest absolute Gasteiger partial charge is 0.396 e. The molecule has 232 valence electrons. The van der Waals surface area contributed by atoms with Crippen molar-refractivity contribution in [2.24, 2.45) is 0 Å². The number of aliphatic hydroxyl groups is 1. The third-order valence-electron chi connectivity index (χ3n) is 5.83. The Morgan fingerprint density at radius 2 is 1.25 bits per heavy atom. The molecule has 0 aromatic heterocycles. The van der Waals surface area contributed by atoms with E-state index in [9.17, 15) is 19.2 Å². The minimum Gasteiger partial charge on any atom is -0.396 e. The summed E-state index contributed by atoms with van der Waals surface area (Å²) >= 11 is 0. The van der Waals surface area contributed by atoms with Gasteiger partial charge in [0.2, 0.25) is 11.8 Å². The molecule has 0 spiro atoms. The molecule has 1 rings (SSSR count). The van der Waals surface area contributed by atoms with E-state index in [-0.39, 0.29) is 36.7 Å². The van der Waals surface area contributed by atoms with Crippen LogP contribution in [0.1, 0.15) is 70.6 Å². The zero-order valence-corrected chi connectivity index (χ0v) is 23.8. The van der Waals surface area contributed by atoms with E-state index >= 15 is 0 Å². The number of unbranched alkanes of at least 4 members (excludes halogenated alkanes) is 4. The number of carbonyl (C=O) groups is 4. The molecule has 1 aliphatic heterocycles. The Labute approximate surface area is 237 Å². The van der Waals surface area contributed by atoms with E-state index in [0.29, 0.717) is 98.2 Å². The van der Waals surface area contributed by atoms with Crippen molar-refractivity contribution in [1.29, 1.82) is 0 Å². The Morgan fingerprint density at radius 1 is 0.675 bits per heavy atom. The Balaban J connectivity index is 1.75. The summed E-state index contributed by atoms with van der Waals surface area (Å²) in [6, 6.07) is 0. The van der Waals surface area contributed by atoms with Crippen LogP contribution in [0.4, 0.5) is 0 Å². The minimum absolute atomic E-state index is 0.0464. The van der Waals surface area contributed by atoms with Crippen LogP contribution >= 0.6 is 0 Å². The predicted octanol–water partition coefficient (Wildman–Crippen LogP) is 0.869. The van der Waals surface area contributed by atoms with Crippen LogP contribution in [-0.4, -0.2) is 113 Å². The molecule has 13 heteroatoms. The number of hydroxylamine groups is 2. The van der Waals surface area contributed by atoms with E-state index in [1.807, 2.05) is 0 Å². The lowest BCUT2D eigenvalue weighted by Gasteiger charge is -2.14. The molecule has 1 saturated heterocycles. The maximum atomic E-state index is 11.9. The summed E-state index contributed by atoms with van der Waals surface area (Å²) in [5, 5.41) is 15.4. The summed E-state index contributed by atoms with van der Waals surface area (Å²) in [6.07, 6.45) is 7.09. The predicted molar refractivity (Wildman–Crippen MR) is 145 cm³/mol. The summed E-state index contributed by atoms with van der Waals surface area (Å²) in [5.41, 5.74) is 0. The summed E-state index contributed by atoms with van der Waals surface area (Å²) in [6.45, 7) is 4.75. The lowest BCUT2D eigenvalue weighted by molar-refractivity contribution is -0.192. The van der Waals surface area contributed by atoms with Crippen molar-refractivity contribution >= 4 is 23.7 Å². The van der Waals surface area contributed by atoms with Gasteiger partial charge in [0.1, 0.15) is 0 Å². The minimum atomic E-state index is -0.352. The van der Waals surface area contributed by atoms with Crippen molar-refractivity contribution in [3.05, 3.63) is 0 Å². The van der Waals surface area contributed by atoms with E-state index in [1.165, 1.54) is 5.06 Å². The Kier molecular flexibility index (Phi) is 22.9. The van der Waals surface area contributed by atoms with Gasteiger partial charge in [-0.25, -0.2) is 4.79 Å². The number of amides is 3. The van der Waals surface area contributed by atoms with Crippen LogP contribution in [0.3, 0.4) is 0 Å². The molecule has 0 aromatic carbocycles. The number of hydrogen-bond donors (Lipinski definition) is 3. The topological polar surface area (TPSA) is 162 Å². The third kappa shape index (κ3) is 21.5. The van der Waals surface area contributed by atoms with Gasteiger partial charge in [-0.05, 0) is 25.7 Å². The van der Waals surface area contributed by atoms with Crippen LogP contribution in [0.2, 0.25) is 0 Å². The first-order chi connectivity index (χ1) is 19.5. The fraction of sp³-hybridized carbons (Fsp3) is 0.852. The standard InChI is InChI=1S/C27H49N3O10/c31-15-7-16-36-17-10-25(33)29-13-19-38-21-23-39-22-20-37-18-11-24(32)28-12-5-3-1-2-4-9-27(35)40-30-14-6-8-26(30)34/h31H,1-23H2,(H,28,32)(H,29,33). The number of nitrogens with zero attached hydrogens (tertiary/aromatic N) is 1. The first-order valence-electron chi connectivity index (χ1n) is 14.5. The number of ether oxygens (including phenoxy) is 4. The average molecular weight is 576 g/mol. The molecule has 1 fully saturated rings. The Bertz CT molecular complexity index is 695. The number of hydrogen-bond acceptors (Lipinski definition) is 10. The monoisotopic (exact) mass is 575 g/mol. The SMILES string of the molecule is O=C(CCOCCCO)NCCOCCOCCOCCC(=O)NCCCCCCCC(=O)ON1CCCC1=O. The van der Waals surface area contributed by atoms with Crippen LogP contribution in [0.5, 0.6) is 0 Å². The fourth-order valence-corrected chi connectivity index (χ4v) is 3.62. The van der Waals surface area contributed by atoms with Gasteiger partial charge in [-0.15, -0.1) is 0 Å². The molecule has 3 N–H and O–H groups in total. The molecule has 0 saturated carbocycles. The zero-order chi connectivity index (χ0) is 29.1. The van der Waals surface area contributed by atoms with E-state index in [1.54, 1.807) is 0 Å². The van der Waals surface area contributed by atoms with Crippen LogP contribution in [-0.2, 0) is 43.0 Å². The van der Waals surface area contributed by atoms with Crippen LogP contribution in [0, 0.1) is 0 Å². The molecule has 0 aromatic rings. The summed E-state index contributed by atoms with van der Waals surface area (Å²) in [7, 11) is 0. The van der Waals surface area contributed by atoms with Gasteiger partial charge < -0.3 is 39.5 Å². The molecular weight excluding hydrogens is 526 g/mol. The van der Waals surface area contributed by atoms with Crippen molar-refractivity contribution in [1.82, 2.24) is 15.7 Å². The van der Waals surface area contributed by atoms with E-state index in [4.69, 9.17) is 28.9 Å². The zero-order valence-electron chi connectivity index (χ0n) is 23.8. The van der Waals surface area contributed by atoms with Gasteiger partial charge in [0.05, 0.1) is 52.8 Å². The van der Waals surface area contributed by atoms with E-state index in [2.05, 4.69) is 10.6 Å². The van der Waals surface area contributed by atoms with Gasteiger partial charge in [-0.2, -0.15) is 5.06 Å². The Hall–Kier alpha value is -2.32. The second-order valence-electron chi connectivity index (χ2n) is 9.31. The number of carbonyl (C=O) groups excluding carboxylic acids is 4. The first-order valence-corrected chi connectivity index (χ1v) is 14.5. The highest BCUT2D eigenvalue weighted by molar-refractivity contribution is 5.79. The number of nitrogens with one attached hydrogen (secondary N) is 2. The normalized spacial score (nSPS) is 13.0. The van der Waals surface area contributed by atoms with E-state index < -0.39 is 0 Å². The van der Waals surface area contributed by atoms with Crippen LogP contribution in [0.15, 0.2) is 0 Å². The molecule has 0 bridgehead atoms. The quantitative estimate of drug-likeness (QED) is 0.120. The summed E-state index contributed by atoms with van der Waals surface area (Å²) in [4.78, 5) is 51.6. The molecule has 0 radical (unpaired) electrons. The maximum absolute atomic E-state index is 11.9. The number of aliphatic hydroxyl groups excluding tert-OH is 1. The first kappa shape index (κ1) is 35.7. The highest BCUT2D eigenvalue weighted by atomic mass is 16.7. The highest BCUT2D eigenvalue weighted by Crippen LogP contribution is 2.12. The molecule has 0 aliphatic carbocycles. The summed E-state index contributed by atoms with van der Waals surface area (Å²) < 4.78 is 21.4. The molecule has 1 heterocycles. The van der Waals surface area contributed by atoms with Gasteiger partial charge >= 0.3 is 5.97 Å². The van der Waals surface area contributed by atoms with Gasteiger partial charge in [0.25, 0.3) is 5.91 Å². The Morgan fingerprint density at radius 3 is 1.90 bits per heavy atom. The van der Waals surface area contributed by atoms with Crippen molar-refractivity contribution in [3.63, 3.8) is 0 Å². The maximum Gasteiger partial charge on any atom is 0.332 e. The average Bonchev–Trinajstić information content (AvgIpc) is 3.34. The lowest BCUT2D eigenvalue weighted by atomic mass is 10.1. The molecule has 0 unspecified atom stereocenters. The van der Waals surface area contributed by atoms with Crippen molar-refractivity contribution in [2.75, 3.05) is 79.1 Å². The van der Waals surface area contributed by atoms with Crippen LogP contribution < -0.4 is 10.6 Å². The van der Waals surface area contributed by atoms with Crippen molar-refractivity contribution in [3.8, 4) is 0 Å². The number of rotatable bonds is 27. The molecule has 3 amide bonds. The second kappa shape index (κ2) is 25.6.